The zero-order valence-corrected chi connectivity index (χ0v) is 12.7. The number of rotatable bonds is 4. The zero-order valence-electron chi connectivity index (χ0n) is 12.7. The van der Waals surface area contributed by atoms with Gasteiger partial charge in [0.15, 0.2) is 0 Å². The molecule has 2 atom stereocenters. The molecule has 2 saturated carbocycles. The molecule has 2 fully saturated rings. The van der Waals surface area contributed by atoms with Gasteiger partial charge in [0, 0.05) is 24.4 Å². The van der Waals surface area contributed by atoms with E-state index < -0.39 is 0 Å². The fraction of sp³-hybridized carbons (Fsp3) is 0.500. The fourth-order valence-electron chi connectivity index (χ4n) is 3.29. The molecular formula is C16H19N5O2. The van der Waals surface area contributed by atoms with Gasteiger partial charge in [-0.05, 0) is 38.2 Å². The van der Waals surface area contributed by atoms with Gasteiger partial charge >= 0.3 is 0 Å². The number of hydrogen-bond donors (Lipinski definition) is 2. The first-order valence-corrected chi connectivity index (χ1v) is 8.12. The molecule has 0 bridgehead atoms. The Bertz CT molecular complexity index is 763. The molecule has 2 aliphatic carbocycles. The molecule has 7 heteroatoms. The molecule has 23 heavy (non-hydrogen) atoms. The summed E-state index contributed by atoms with van der Waals surface area (Å²) < 4.78 is 1.90. The van der Waals surface area contributed by atoms with Crippen molar-refractivity contribution in [3.8, 4) is 0 Å². The maximum atomic E-state index is 12.5. The Morgan fingerprint density at radius 3 is 2.91 bits per heavy atom. The second-order valence-corrected chi connectivity index (χ2v) is 6.35. The monoisotopic (exact) mass is 313 g/mol. The topological polar surface area (TPSA) is 92.7 Å². The summed E-state index contributed by atoms with van der Waals surface area (Å²) in [5.41, 5.74) is -0.0520. The Kier molecular flexibility index (Phi) is 3.48. The van der Waals surface area contributed by atoms with Gasteiger partial charge in [-0.25, -0.2) is 4.98 Å². The smallest absolute Gasteiger partial charge is 0.270 e. The third-order valence-corrected chi connectivity index (χ3v) is 4.62. The lowest BCUT2D eigenvalue weighted by Gasteiger charge is -2.21. The van der Waals surface area contributed by atoms with Crippen LogP contribution >= 0.6 is 0 Å². The second-order valence-electron chi connectivity index (χ2n) is 6.35. The standard InChI is InChI=1S/C16H19N5O2/c22-14-9-12(18-15(20-14)10-5-6-10)16(23)19-11-3-1-4-13(11)21-8-2-7-17-21/h2,7-11,13H,1,3-6H2,(H,19,23)(H,18,20,22)/t11-,13+/m1/s1. The number of carbonyl (C=O) groups excluding carboxylic acids is 1. The molecule has 2 aliphatic rings. The van der Waals surface area contributed by atoms with Crippen molar-refractivity contribution in [1.29, 1.82) is 0 Å². The van der Waals surface area contributed by atoms with Crippen LogP contribution in [0.25, 0.3) is 0 Å². The second kappa shape index (κ2) is 5.64. The van der Waals surface area contributed by atoms with Gasteiger partial charge < -0.3 is 10.3 Å². The minimum absolute atomic E-state index is 0.0212. The highest BCUT2D eigenvalue weighted by molar-refractivity contribution is 5.92. The number of nitrogens with one attached hydrogen (secondary N) is 2. The van der Waals surface area contributed by atoms with Crippen LogP contribution in [-0.2, 0) is 0 Å². The quantitative estimate of drug-likeness (QED) is 0.891. The van der Waals surface area contributed by atoms with E-state index in [9.17, 15) is 9.59 Å². The van der Waals surface area contributed by atoms with Crippen molar-refractivity contribution in [2.45, 2.75) is 50.1 Å². The van der Waals surface area contributed by atoms with E-state index in [0.717, 1.165) is 32.1 Å². The van der Waals surface area contributed by atoms with E-state index in [2.05, 4.69) is 20.4 Å². The van der Waals surface area contributed by atoms with Gasteiger partial charge in [-0.2, -0.15) is 5.10 Å². The summed E-state index contributed by atoms with van der Waals surface area (Å²) >= 11 is 0. The molecule has 1 amide bonds. The van der Waals surface area contributed by atoms with Crippen LogP contribution in [0.3, 0.4) is 0 Å². The fourth-order valence-corrected chi connectivity index (χ4v) is 3.29. The molecule has 2 aromatic rings. The molecule has 4 rings (SSSR count). The first-order chi connectivity index (χ1) is 11.2. The van der Waals surface area contributed by atoms with Gasteiger partial charge in [0.1, 0.15) is 11.5 Å². The normalized spacial score (nSPS) is 23.8. The lowest BCUT2D eigenvalue weighted by atomic mass is 10.1. The molecule has 0 saturated heterocycles. The zero-order chi connectivity index (χ0) is 15.8. The molecule has 0 radical (unpaired) electrons. The van der Waals surface area contributed by atoms with Crippen LogP contribution in [-0.4, -0.2) is 31.7 Å². The number of aromatic nitrogens is 4. The Balaban J connectivity index is 1.52. The van der Waals surface area contributed by atoms with Gasteiger partial charge in [-0.3, -0.25) is 14.3 Å². The minimum Gasteiger partial charge on any atom is -0.346 e. The highest BCUT2D eigenvalue weighted by Crippen LogP contribution is 2.37. The third-order valence-electron chi connectivity index (χ3n) is 4.62. The Hall–Kier alpha value is -2.44. The first kappa shape index (κ1) is 14.2. The summed E-state index contributed by atoms with van der Waals surface area (Å²) in [6.45, 7) is 0. The van der Waals surface area contributed by atoms with E-state index >= 15 is 0 Å². The molecule has 0 aromatic carbocycles. The lowest BCUT2D eigenvalue weighted by molar-refractivity contribution is 0.0922. The van der Waals surface area contributed by atoms with E-state index in [1.54, 1.807) is 6.20 Å². The molecule has 120 valence electrons. The molecular weight excluding hydrogens is 294 g/mol. The number of aromatic amines is 1. The Labute approximate surface area is 133 Å². The van der Waals surface area contributed by atoms with Crippen molar-refractivity contribution < 1.29 is 4.79 Å². The van der Waals surface area contributed by atoms with Gasteiger partial charge in [0.05, 0.1) is 12.1 Å². The van der Waals surface area contributed by atoms with Crippen LogP contribution in [0.2, 0.25) is 0 Å². The van der Waals surface area contributed by atoms with E-state index in [4.69, 9.17) is 0 Å². The van der Waals surface area contributed by atoms with Gasteiger partial charge in [-0.1, -0.05) is 0 Å². The minimum atomic E-state index is -0.276. The summed E-state index contributed by atoms with van der Waals surface area (Å²) in [7, 11) is 0. The van der Waals surface area contributed by atoms with Crippen LogP contribution in [0.1, 0.15) is 60.4 Å². The van der Waals surface area contributed by atoms with E-state index in [1.807, 2.05) is 16.9 Å². The summed E-state index contributed by atoms with van der Waals surface area (Å²) in [5.74, 6) is 0.665. The number of carbonyl (C=O) groups is 1. The molecule has 2 heterocycles. The Morgan fingerprint density at radius 1 is 1.30 bits per heavy atom. The van der Waals surface area contributed by atoms with Gasteiger partial charge in [-0.15, -0.1) is 0 Å². The largest absolute Gasteiger partial charge is 0.346 e. The van der Waals surface area contributed by atoms with Crippen molar-refractivity contribution in [1.82, 2.24) is 25.1 Å². The molecule has 2 N–H and O–H groups in total. The lowest BCUT2D eigenvalue weighted by Crippen LogP contribution is -2.39. The number of H-pyrrole nitrogens is 1. The van der Waals surface area contributed by atoms with Crippen molar-refractivity contribution in [2.24, 2.45) is 0 Å². The molecule has 0 aliphatic heterocycles. The highest BCUT2D eigenvalue weighted by Gasteiger charge is 2.31. The SMILES string of the molecule is O=C(N[C@@H]1CCC[C@@H]1n1cccn1)c1cc(=O)[nH]c(C2CC2)n1. The van der Waals surface area contributed by atoms with Crippen molar-refractivity contribution in [3.05, 3.63) is 46.4 Å². The molecule has 0 unspecified atom stereocenters. The van der Waals surface area contributed by atoms with Gasteiger partial charge in [0.25, 0.3) is 11.5 Å². The molecule has 2 aromatic heterocycles. The summed E-state index contributed by atoms with van der Waals surface area (Å²) in [6.07, 6.45) is 8.67. The number of hydrogen-bond acceptors (Lipinski definition) is 4. The summed E-state index contributed by atoms with van der Waals surface area (Å²) in [5, 5.41) is 7.32. The number of amides is 1. The maximum Gasteiger partial charge on any atom is 0.270 e. The van der Waals surface area contributed by atoms with Crippen LogP contribution in [0.5, 0.6) is 0 Å². The predicted molar refractivity (Wildman–Crippen MR) is 83.2 cm³/mol. The molecule has 7 nitrogen and oxygen atoms in total. The third kappa shape index (κ3) is 2.91. The van der Waals surface area contributed by atoms with E-state index in [1.165, 1.54) is 6.07 Å². The van der Waals surface area contributed by atoms with E-state index in [-0.39, 0.29) is 29.2 Å². The molecule has 0 spiro atoms. The van der Waals surface area contributed by atoms with Crippen LogP contribution in [0, 0.1) is 0 Å². The van der Waals surface area contributed by atoms with Gasteiger partial charge in [0.2, 0.25) is 0 Å². The van der Waals surface area contributed by atoms with Crippen LogP contribution in [0.15, 0.2) is 29.3 Å². The van der Waals surface area contributed by atoms with Crippen LogP contribution < -0.4 is 10.9 Å². The summed E-state index contributed by atoms with van der Waals surface area (Å²) in [4.78, 5) is 31.3. The van der Waals surface area contributed by atoms with Crippen molar-refractivity contribution in [2.75, 3.05) is 0 Å². The highest BCUT2D eigenvalue weighted by atomic mass is 16.2. The summed E-state index contributed by atoms with van der Waals surface area (Å²) in [6, 6.07) is 3.35. The first-order valence-electron chi connectivity index (χ1n) is 8.12. The Morgan fingerprint density at radius 2 is 2.17 bits per heavy atom. The predicted octanol–water partition coefficient (Wildman–Crippen LogP) is 1.37. The number of nitrogens with zero attached hydrogens (tertiary/aromatic N) is 3. The maximum absolute atomic E-state index is 12.5. The van der Waals surface area contributed by atoms with Crippen molar-refractivity contribution >= 4 is 5.91 Å². The van der Waals surface area contributed by atoms with Crippen LogP contribution in [0.4, 0.5) is 0 Å². The van der Waals surface area contributed by atoms with Crippen molar-refractivity contribution in [3.63, 3.8) is 0 Å². The van der Waals surface area contributed by atoms with E-state index in [0.29, 0.717) is 11.7 Å². The average Bonchev–Trinajstić information content (AvgIpc) is 3.05. The average molecular weight is 313 g/mol.